The third kappa shape index (κ3) is 1.78. The zero-order chi connectivity index (χ0) is 14.5. The summed E-state index contributed by atoms with van der Waals surface area (Å²) in [6.45, 7) is 3.43. The van der Waals surface area contributed by atoms with Crippen LogP contribution in [0.4, 0.5) is 4.39 Å². The summed E-state index contributed by atoms with van der Waals surface area (Å²) in [5, 5.41) is 9.17. The number of hydrogen-bond acceptors (Lipinski definition) is 3. The topological polar surface area (TPSA) is 70.1 Å². The molecule has 2 aliphatic carbocycles. The standard InChI is InChI=1S/C15H20FN3O/c1-9(16)15(4-2-3-5-15)13(18)14(20)19-11(8-17)6-10-7-12(10)19/h10-13H,1-7,18H2/t10-,11+,12?,13-/m1/s1. The summed E-state index contributed by atoms with van der Waals surface area (Å²) in [6, 6.07) is 1.04. The van der Waals surface area contributed by atoms with Gasteiger partial charge in [0.25, 0.3) is 0 Å². The first kappa shape index (κ1) is 13.6. The quantitative estimate of drug-likeness (QED) is 0.856. The van der Waals surface area contributed by atoms with Gasteiger partial charge >= 0.3 is 0 Å². The highest BCUT2D eigenvalue weighted by Crippen LogP contribution is 2.51. The van der Waals surface area contributed by atoms with E-state index in [-0.39, 0.29) is 18.0 Å². The minimum Gasteiger partial charge on any atom is -0.322 e. The van der Waals surface area contributed by atoms with Gasteiger partial charge in [0.1, 0.15) is 11.9 Å². The number of nitrogens with zero attached hydrogens (tertiary/aromatic N) is 2. The molecule has 0 radical (unpaired) electrons. The number of fused-ring (bicyclic) bond motifs is 1. The number of nitrogens with two attached hydrogens (primary N) is 1. The van der Waals surface area contributed by atoms with Gasteiger partial charge in [-0.2, -0.15) is 5.26 Å². The van der Waals surface area contributed by atoms with Crippen molar-refractivity contribution in [1.29, 1.82) is 5.26 Å². The van der Waals surface area contributed by atoms with Gasteiger partial charge in [-0.05, 0) is 31.6 Å². The largest absolute Gasteiger partial charge is 0.322 e. The predicted molar refractivity (Wildman–Crippen MR) is 71.9 cm³/mol. The van der Waals surface area contributed by atoms with Gasteiger partial charge < -0.3 is 10.6 Å². The van der Waals surface area contributed by atoms with Gasteiger partial charge in [0.05, 0.1) is 12.1 Å². The summed E-state index contributed by atoms with van der Waals surface area (Å²) < 4.78 is 13.9. The highest BCUT2D eigenvalue weighted by molar-refractivity contribution is 5.85. The van der Waals surface area contributed by atoms with E-state index in [1.807, 2.05) is 0 Å². The lowest BCUT2D eigenvalue weighted by molar-refractivity contribution is -0.136. The zero-order valence-corrected chi connectivity index (χ0v) is 11.5. The number of hydrogen-bond donors (Lipinski definition) is 1. The number of amides is 1. The SMILES string of the molecule is C=C(F)C1([C@H](N)C(=O)N2C3C[C@H]3C[C@H]2C#N)CCCC1. The van der Waals surface area contributed by atoms with Crippen LogP contribution in [-0.2, 0) is 4.79 Å². The fraction of sp³-hybridized carbons (Fsp3) is 0.733. The van der Waals surface area contributed by atoms with Crippen molar-refractivity contribution >= 4 is 5.91 Å². The maximum atomic E-state index is 13.9. The van der Waals surface area contributed by atoms with Crippen molar-refractivity contribution in [2.24, 2.45) is 17.1 Å². The monoisotopic (exact) mass is 277 g/mol. The Bertz CT molecular complexity index is 492. The summed E-state index contributed by atoms with van der Waals surface area (Å²) in [5.41, 5.74) is 5.22. The van der Waals surface area contributed by atoms with E-state index >= 15 is 0 Å². The van der Waals surface area contributed by atoms with E-state index in [1.54, 1.807) is 4.90 Å². The highest BCUT2D eigenvalue weighted by atomic mass is 19.1. The van der Waals surface area contributed by atoms with Crippen LogP contribution in [0.3, 0.4) is 0 Å². The molecule has 0 aromatic rings. The average Bonchev–Trinajstić information content (AvgIpc) is 2.91. The van der Waals surface area contributed by atoms with Gasteiger partial charge in [-0.15, -0.1) is 0 Å². The molecule has 0 aromatic carbocycles. The third-order valence-electron chi connectivity index (χ3n) is 5.41. The van der Waals surface area contributed by atoms with Crippen LogP contribution in [0.25, 0.3) is 0 Å². The molecular weight excluding hydrogens is 257 g/mol. The Balaban J connectivity index is 1.83. The first-order valence-electron chi connectivity index (χ1n) is 7.33. The minimum absolute atomic E-state index is 0.157. The summed E-state index contributed by atoms with van der Waals surface area (Å²) >= 11 is 0. The van der Waals surface area contributed by atoms with Gasteiger partial charge in [-0.1, -0.05) is 19.4 Å². The minimum atomic E-state index is -0.913. The first-order valence-corrected chi connectivity index (χ1v) is 7.33. The summed E-state index contributed by atoms with van der Waals surface area (Å²) in [5.74, 6) is -0.290. The second-order valence-corrected chi connectivity index (χ2v) is 6.44. The number of rotatable bonds is 3. The fourth-order valence-corrected chi connectivity index (χ4v) is 4.04. The Kier molecular flexibility index (Phi) is 3.09. The molecule has 1 saturated heterocycles. The van der Waals surface area contributed by atoms with E-state index in [2.05, 4.69) is 12.6 Å². The van der Waals surface area contributed by atoms with Crippen LogP contribution in [0.2, 0.25) is 0 Å². The molecule has 4 nitrogen and oxygen atoms in total. The maximum Gasteiger partial charge on any atom is 0.241 e. The Morgan fingerprint density at radius 1 is 1.45 bits per heavy atom. The molecule has 0 bridgehead atoms. The molecule has 1 heterocycles. The number of carbonyl (C=O) groups is 1. The summed E-state index contributed by atoms with van der Waals surface area (Å²) in [4.78, 5) is 14.3. The normalized spacial score (nSPS) is 35.2. The Morgan fingerprint density at radius 3 is 2.65 bits per heavy atom. The van der Waals surface area contributed by atoms with Gasteiger partial charge in [-0.3, -0.25) is 4.79 Å². The lowest BCUT2D eigenvalue weighted by Crippen LogP contribution is -2.54. The molecule has 2 N–H and O–H groups in total. The number of nitriles is 1. The zero-order valence-electron chi connectivity index (χ0n) is 11.5. The van der Waals surface area contributed by atoms with Crippen LogP contribution in [0.15, 0.2) is 12.4 Å². The number of carbonyl (C=O) groups excluding carboxylic acids is 1. The molecule has 0 aromatic heterocycles. The van der Waals surface area contributed by atoms with Crippen molar-refractivity contribution in [2.45, 2.75) is 56.7 Å². The van der Waals surface area contributed by atoms with Crippen molar-refractivity contribution in [3.05, 3.63) is 12.4 Å². The molecule has 5 heteroatoms. The van der Waals surface area contributed by atoms with Crippen LogP contribution in [0.1, 0.15) is 38.5 Å². The molecule has 3 fully saturated rings. The van der Waals surface area contributed by atoms with Crippen LogP contribution in [0, 0.1) is 22.7 Å². The third-order valence-corrected chi connectivity index (χ3v) is 5.41. The van der Waals surface area contributed by atoms with E-state index in [0.717, 1.165) is 25.7 Å². The molecule has 3 aliphatic rings. The van der Waals surface area contributed by atoms with Crippen LogP contribution in [0.5, 0.6) is 0 Å². The second kappa shape index (κ2) is 4.56. The van der Waals surface area contributed by atoms with Gasteiger partial charge in [0.15, 0.2) is 0 Å². The molecule has 108 valence electrons. The lowest BCUT2D eigenvalue weighted by atomic mass is 9.77. The Labute approximate surface area is 118 Å². The molecule has 3 rings (SSSR count). The number of piperidine rings is 1. The van der Waals surface area contributed by atoms with Crippen molar-refractivity contribution in [2.75, 3.05) is 0 Å². The average molecular weight is 277 g/mol. The molecule has 1 aliphatic heterocycles. The van der Waals surface area contributed by atoms with Gasteiger partial charge in [0, 0.05) is 11.5 Å². The molecule has 2 saturated carbocycles. The van der Waals surface area contributed by atoms with E-state index < -0.39 is 17.3 Å². The number of likely N-dealkylation sites (tertiary alicyclic amines) is 1. The second-order valence-electron chi connectivity index (χ2n) is 6.44. The molecule has 20 heavy (non-hydrogen) atoms. The molecule has 0 spiro atoms. The van der Waals surface area contributed by atoms with E-state index in [9.17, 15) is 9.18 Å². The van der Waals surface area contributed by atoms with E-state index in [1.165, 1.54) is 0 Å². The Hall–Kier alpha value is -1.41. The lowest BCUT2D eigenvalue weighted by Gasteiger charge is -2.36. The smallest absolute Gasteiger partial charge is 0.241 e. The van der Waals surface area contributed by atoms with Crippen LogP contribution in [-0.4, -0.2) is 28.9 Å². The van der Waals surface area contributed by atoms with Gasteiger partial charge in [0.2, 0.25) is 5.91 Å². The summed E-state index contributed by atoms with van der Waals surface area (Å²) in [7, 11) is 0. The van der Waals surface area contributed by atoms with Crippen molar-refractivity contribution in [1.82, 2.24) is 4.90 Å². The van der Waals surface area contributed by atoms with E-state index in [0.29, 0.717) is 18.8 Å². The molecule has 1 amide bonds. The van der Waals surface area contributed by atoms with Gasteiger partial charge in [-0.25, -0.2) is 4.39 Å². The van der Waals surface area contributed by atoms with Crippen LogP contribution < -0.4 is 5.73 Å². The Morgan fingerprint density at radius 2 is 2.10 bits per heavy atom. The molecule has 1 unspecified atom stereocenters. The predicted octanol–water partition coefficient (Wildman–Crippen LogP) is 1.87. The van der Waals surface area contributed by atoms with Crippen molar-refractivity contribution < 1.29 is 9.18 Å². The van der Waals surface area contributed by atoms with Crippen molar-refractivity contribution in [3.8, 4) is 6.07 Å². The molecular formula is C15H20FN3O. The van der Waals surface area contributed by atoms with E-state index in [4.69, 9.17) is 11.0 Å². The number of halogens is 1. The maximum absolute atomic E-state index is 13.9. The molecule has 4 atom stereocenters. The van der Waals surface area contributed by atoms with Crippen molar-refractivity contribution in [3.63, 3.8) is 0 Å². The fourth-order valence-electron chi connectivity index (χ4n) is 4.04. The first-order chi connectivity index (χ1) is 9.51. The highest BCUT2D eigenvalue weighted by Gasteiger charge is 2.57. The summed E-state index contributed by atoms with van der Waals surface area (Å²) in [6.07, 6.45) is 4.60. The van der Waals surface area contributed by atoms with Crippen LogP contribution >= 0.6 is 0 Å².